The molecule has 0 spiro atoms. The first-order chi connectivity index (χ1) is 15.5. The largest absolute Gasteiger partial charge is 0.369 e. The number of fused-ring (bicyclic) bond motifs is 1. The number of aromatic nitrogens is 2. The van der Waals surface area contributed by atoms with Gasteiger partial charge in [-0.15, -0.1) is 11.3 Å². The van der Waals surface area contributed by atoms with Crippen LogP contribution in [-0.2, 0) is 4.79 Å². The van der Waals surface area contributed by atoms with Gasteiger partial charge in [-0.05, 0) is 54.6 Å². The summed E-state index contributed by atoms with van der Waals surface area (Å²) in [6.45, 7) is 1.95. The zero-order chi connectivity index (χ0) is 22.2. The standard InChI is InChI=1S/C25H22N4O2S/c1-16-14-19(24(26)30)18-10-5-6-11-21(18)28(16)25(31)22-15-20(23-12-7-13-32-23)27-29(22)17-8-3-2-4-9-17/h2-13,15-16,19H,14H2,1H3,(H2,26,30)/t16-,19+/m1/s1. The summed E-state index contributed by atoms with van der Waals surface area (Å²) in [7, 11) is 0. The van der Waals surface area contributed by atoms with Crippen LogP contribution >= 0.6 is 11.3 Å². The van der Waals surface area contributed by atoms with E-state index < -0.39 is 5.92 Å². The van der Waals surface area contributed by atoms with Crippen molar-refractivity contribution < 1.29 is 9.59 Å². The van der Waals surface area contributed by atoms with Gasteiger partial charge in [0.1, 0.15) is 11.4 Å². The Morgan fingerprint density at radius 2 is 1.78 bits per heavy atom. The molecule has 2 atom stereocenters. The summed E-state index contributed by atoms with van der Waals surface area (Å²) in [5.74, 6) is -0.941. The molecule has 2 amide bonds. The highest BCUT2D eigenvalue weighted by atomic mass is 32.1. The number of hydrogen-bond donors (Lipinski definition) is 1. The Hall–Kier alpha value is -3.71. The van der Waals surface area contributed by atoms with Crippen LogP contribution in [0, 0.1) is 0 Å². The monoisotopic (exact) mass is 442 g/mol. The van der Waals surface area contributed by atoms with Gasteiger partial charge in [-0.3, -0.25) is 9.59 Å². The van der Waals surface area contributed by atoms with Crippen LogP contribution in [0.1, 0.15) is 35.3 Å². The third-order valence-electron chi connectivity index (χ3n) is 5.85. The number of carbonyl (C=O) groups excluding carboxylic acids is 2. The van der Waals surface area contributed by atoms with Gasteiger partial charge in [0, 0.05) is 11.7 Å². The zero-order valence-electron chi connectivity index (χ0n) is 17.5. The molecule has 1 aliphatic heterocycles. The summed E-state index contributed by atoms with van der Waals surface area (Å²) in [5.41, 5.74) is 9.22. The molecule has 0 bridgehead atoms. The highest BCUT2D eigenvalue weighted by Gasteiger charge is 2.37. The molecule has 0 radical (unpaired) electrons. The van der Waals surface area contributed by atoms with Crippen LogP contribution in [0.5, 0.6) is 0 Å². The topological polar surface area (TPSA) is 81.2 Å². The maximum Gasteiger partial charge on any atom is 0.277 e. The Morgan fingerprint density at radius 1 is 1.03 bits per heavy atom. The number of anilines is 1. The molecule has 2 aromatic carbocycles. The maximum atomic E-state index is 14.0. The van der Waals surface area contributed by atoms with Crippen LogP contribution in [0.25, 0.3) is 16.3 Å². The lowest BCUT2D eigenvalue weighted by Crippen LogP contribution is -2.45. The number of hydrogen-bond acceptors (Lipinski definition) is 4. The van der Waals surface area contributed by atoms with Gasteiger partial charge < -0.3 is 10.6 Å². The predicted molar refractivity (Wildman–Crippen MR) is 126 cm³/mol. The predicted octanol–water partition coefficient (Wildman–Crippen LogP) is 4.61. The minimum atomic E-state index is -0.411. The third-order valence-corrected chi connectivity index (χ3v) is 6.75. The van der Waals surface area contributed by atoms with E-state index in [1.54, 1.807) is 20.9 Å². The van der Waals surface area contributed by atoms with Crippen LogP contribution in [0.3, 0.4) is 0 Å². The van der Waals surface area contributed by atoms with E-state index in [1.165, 1.54) is 0 Å². The van der Waals surface area contributed by atoms with E-state index in [1.807, 2.05) is 85.1 Å². The first-order valence-electron chi connectivity index (χ1n) is 10.5. The van der Waals surface area contributed by atoms with Crippen molar-refractivity contribution in [1.29, 1.82) is 0 Å². The molecule has 5 rings (SSSR count). The number of benzene rings is 2. The molecule has 160 valence electrons. The van der Waals surface area contributed by atoms with Crippen molar-refractivity contribution in [2.24, 2.45) is 5.73 Å². The minimum Gasteiger partial charge on any atom is -0.369 e. The summed E-state index contributed by atoms with van der Waals surface area (Å²) >= 11 is 1.58. The normalized spacial score (nSPS) is 17.7. The summed E-state index contributed by atoms with van der Waals surface area (Å²) in [4.78, 5) is 28.8. The smallest absolute Gasteiger partial charge is 0.277 e. The first kappa shape index (κ1) is 20.2. The van der Waals surface area contributed by atoms with E-state index >= 15 is 0 Å². The highest BCUT2D eigenvalue weighted by Crippen LogP contribution is 2.39. The second kappa shape index (κ2) is 8.09. The highest BCUT2D eigenvalue weighted by molar-refractivity contribution is 7.13. The van der Waals surface area contributed by atoms with Gasteiger partial charge in [-0.2, -0.15) is 5.10 Å². The van der Waals surface area contributed by atoms with Crippen molar-refractivity contribution in [2.75, 3.05) is 4.90 Å². The molecule has 3 heterocycles. The Bertz CT molecular complexity index is 1280. The average molecular weight is 443 g/mol. The SMILES string of the molecule is C[C@@H]1C[C@H](C(N)=O)c2ccccc2N1C(=O)c1cc(-c2cccs2)nn1-c1ccccc1. The molecule has 1 aliphatic rings. The van der Waals surface area contributed by atoms with Gasteiger partial charge in [-0.25, -0.2) is 4.68 Å². The fraction of sp³-hybridized carbons (Fsp3) is 0.160. The second-order valence-electron chi connectivity index (χ2n) is 7.91. The summed E-state index contributed by atoms with van der Waals surface area (Å²) in [6, 6.07) is 22.7. The molecule has 0 saturated carbocycles. The third kappa shape index (κ3) is 3.40. The van der Waals surface area contributed by atoms with E-state index in [0.29, 0.717) is 12.1 Å². The van der Waals surface area contributed by atoms with Crippen LogP contribution in [0.15, 0.2) is 78.2 Å². The quantitative estimate of drug-likeness (QED) is 0.501. The van der Waals surface area contributed by atoms with E-state index in [2.05, 4.69) is 0 Å². The van der Waals surface area contributed by atoms with Crippen molar-refractivity contribution >= 4 is 28.8 Å². The average Bonchev–Trinajstić information content (AvgIpc) is 3.49. The minimum absolute atomic E-state index is 0.160. The lowest BCUT2D eigenvalue weighted by atomic mass is 9.85. The number of thiophene rings is 1. The van der Waals surface area contributed by atoms with Crippen LogP contribution in [-0.4, -0.2) is 27.6 Å². The molecule has 32 heavy (non-hydrogen) atoms. The molecule has 0 aliphatic carbocycles. The fourth-order valence-corrected chi connectivity index (χ4v) is 5.04. The van der Waals surface area contributed by atoms with E-state index in [-0.39, 0.29) is 17.9 Å². The Morgan fingerprint density at radius 3 is 2.50 bits per heavy atom. The molecule has 0 saturated heterocycles. The maximum absolute atomic E-state index is 14.0. The molecular weight excluding hydrogens is 420 g/mol. The summed E-state index contributed by atoms with van der Waals surface area (Å²) < 4.78 is 1.70. The Kier molecular flexibility index (Phi) is 5.11. The van der Waals surface area contributed by atoms with Crippen LogP contribution in [0.4, 0.5) is 5.69 Å². The van der Waals surface area contributed by atoms with Crippen LogP contribution < -0.4 is 10.6 Å². The van der Waals surface area contributed by atoms with Crippen molar-refractivity contribution in [3.63, 3.8) is 0 Å². The second-order valence-corrected chi connectivity index (χ2v) is 8.86. The number of nitrogens with two attached hydrogens (primary N) is 1. The Balaban J connectivity index is 1.64. The molecular formula is C25H22N4O2S. The van der Waals surface area contributed by atoms with E-state index in [0.717, 1.165) is 27.5 Å². The number of rotatable bonds is 4. The Labute approximate surface area is 189 Å². The molecule has 2 N–H and O–H groups in total. The molecule has 4 aromatic rings. The van der Waals surface area contributed by atoms with Crippen LogP contribution in [0.2, 0.25) is 0 Å². The van der Waals surface area contributed by atoms with Gasteiger partial charge in [0.15, 0.2) is 0 Å². The van der Waals surface area contributed by atoms with Gasteiger partial charge >= 0.3 is 0 Å². The molecule has 0 fully saturated rings. The number of nitrogens with zero attached hydrogens (tertiary/aromatic N) is 3. The number of carbonyl (C=O) groups is 2. The molecule has 2 aromatic heterocycles. The van der Waals surface area contributed by atoms with E-state index in [4.69, 9.17) is 10.8 Å². The number of para-hydroxylation sites is 2. The van der Waals surface area contributed by atoms with Crippen molar-refractivity contribution in [1.82, 2.24) is 9.78 Å². The van der Waals surface area contributed by atoms with Gasteiger partial charge in [-0.1, -0.05) is 42.5 Å². The first-order valence-corrected chi connectivity index (χ1v) is 11.3. The lowest BCUT2D eigenvalue weighted by Gasteiger charge is -2.38. The van der Waals surface area contributed by atoms with Crippen molar-refractivity contribution in [3.8, 4) is 16.3 Å². The molecule has 6 nitrogen and oxygen atoms in total. The zero-order valence-corrected chi connectivity index (χ0v) is 18.3. The fourth-order valence-electron chi connectivity index (χ4n) is 4.36. The molecule has 0 unspecified atom stereocenters. The number of amides is 2. The van der Waals surface area contributed by atoms with E-state index in [9.17, 15) is 9.59 Å². The van der Waals surface area contributed by atoms with Crippen molar-refractivity contribution in [2.45, 2.75) is 25.3 Å². The summed E-state index contributed by atoms with van der Waals surface area (Å²) in [5, 5.41) is 6.76. The summed E-state index contributed by atoms with van der Waals surface area (Å²) in [6.07, 6.45) is 0.481. The van der Waals surface area contributed by atoms with Gasteiger partial charge in [0.05, 0.1) is 16.5 Å². The van der Waals surface area contributed by atoms with Gasteiger partial charge in [0.25, 0.3) is 5.91 Å². The van der Waals surface area contributed by atoms with Gasteiger partial charge in [0.2, 0.25) is 5.91 Å². The lowest BCUT2D eigenvalue weighted by molar-refractivity contribution is -0.119. The van der Waals surface area contributed by atoms with Crippen molar-refractivity contribution in [3.05, 3.63) is 89.4 Å². The molecule has 7 heteroatoms. The number of primary amides is 1.